The second kappa shape index (κ2) is 5.05. The van der Waals surface area contributed by atoms with Crippen molar-refractivity contribution in [3.63, 3.8) is 0 Å². The van der Waals surface area contributed by atoms with Crippen molar-refractivity contribution in [1.29, 1.82) is 0 Å². The monoisotopic (exact) mass is 331 g/mol. The molecule has 3 aromatic rings. The Bertz CT molecular complexity index is 781. The molecule has 2 aromatic heterocycles. The third kappa shape index (κ3) is 2.30. The van der Waals surface area contributed by atoms with E-state index in [2.05, 4.69) is 25.9 Å². The Morgan fingerprint density at radius 2 is 1.95 bits per heavy atom. The molecule has 0 amide bonds. The molecule has 0 unspecified atom stereocenters. The molecule has 0 fully saturated rings. The number of hydrogen-bond donors (Lipinski definition) is 0. The predicted octanol–water partition coefficient (Wildman–Crippen LogP) is 3.11. The van der Waals surface area contributed by atoms with Gasteiger partial charge in [0.1, 0.15) is 0 Å². The van der Waals surface area contributed by atoms with Gasteiger partial charge < -0.3 is 4.74 Å². The van der Waals surface area contributed by atoms with E-state index in [-0.39, 0.29) is 5.97 Å². The summed E-state index contributed by atoms with van der Waals surface area (Å²) in [5.74, 6) is 0.470. The van der Waals surface area contributed by atoms with Crippen molar-refractivity contribution in [3.8, 4) is 11.8 Å². The number of ether oxygens (including phenoxy) is 1. The summed E-state index contributed by atoms with van der Waals surface area (Å²) in [6.45, 7) is 1.37. The van der Waals surface area contributed by atoms with Crippen LogP contribution in [0.25, 0.3) is 16.9 Å². The molecule has 1 aromatic carbocycles. The van der Waals surface area contributed by atoms with E-state index < -0.39 is 0 Å². The molecule has 0 aliphatic carbocycles. The summed E-state index contributed by atoms with van der Waals surface area (Å²) in [7, 11) is 0. The van der Waals surface area contributed by atoms with Crippen molar-refractivity contribution >= 4 is 32.8 Å². The van der Waals surface area contributed by atoms with Gasteiger partial charge >= 0.3 is 5.97 Å². The van der Waals surface area contributed by atoms with Gasteiger partial charge in [0.15, 0.2) is 0 Å². The van der Waals surface area contributed by atoms with Gasteiger partial charge in [0.05, 0.1) is 9.99 Å². The molecule has 0 saturated heterocycles. The van der Waals surface area contributed by atoms with Gasteiger partial charge in [0.25, 0.3) is 0 Å². The Morgan fingerprint density at radius 1 is 1.25 bits per heavy atom. The van der Waals surface area contributed by atoms with Gasteiger partial charge in [-0.2, -0.15) is 0 Å². The summed E-state index contributed by atoms with van der Waals surface area (Å²) in [6, 6.07) is 9.50. The Kier molecular flexibility index (Phi) is 3.23. The normalized spacial score (nSPS) is 10.7. The van der Waals surface area contributed by atoms with Gasteiger partial charge in [-0.05, 0) is 22.0 Å². The lowest BCUT2D eigenvalue weighted by atomic mass is 10.2. The van der Waals surface area contributed by atoms with Gasteiger partial charge in [-0.25, -0.2) is 14.5 Å². The van der Waals surface area contributed by atoms with Gasteiger partial charge in [0, 0.05) is 30.8 Å². The molecule has 5 nitrogen and oxygen atoms in total. The lowest BCUT2D eigenvalue weighted by molar-refractivity contribution is -0.132. The van der Waals surface area contributed by atoms with E-state index in [1.54, 1.807) is 23.0 Å². The first-order valence-electron chi connectivity index (χ1n) is 5.92. The van der Waals surface area contributed by atoms with Crippen LogP contribution >= 0.6 is 15.9 Å². The summed E-state index contributed by atoms with van der Waals surface area (Å²) in [4.78, 5) is 19.7. The highest BCUT2D eigenvalue weighted by molar-refractivity contribution is 9.10. The Labute approximate surface area is 123 Å². The molecular formula is C14H10BrN3O2. The SMILES string of the molecule is CC(=O)Oc1cc2ccccc2n1-c1ncc(Br)cn1. The quantitative estimate of drug-likeness (QED) is 0.677. The number of para-hydroxylation sites is 1. The van der Waals surface area contributed by atoms with Gasteiger partial charge in [0.2, 0.25) is 11.8 Å². The molecule has 0 aliphatic heterocycles. The maximum atomic E-state index is 11.2. The number of carbonyl (C=O) groups is 1. The zero-order valence-electron chi connectivity index (χ0n) is 10.6. The molecule has 100 valence electrons. The van der Waals surface area contributed by atoms with Crippen molar-refractivity contribution in [2.24, 2.45) is 0 Å². The number of aromatic nitrogens is 3. The van der Waals surface area contributed by atoms with Crippen LogP contribution in [0.2, 0.25) is 0 Å². The summed E-state index contributed by atoms with van der Waals surface area (Å²) >= 11 is 3.30. The van der Waals surface area contributed by atoms with Crippen LogP contribution in [0.15, 0.2) is 47.2 Å². The van der Waals surface area contributed by atoms with Crippen molar-refractivity contribution < 1.29 is 9.53 Å². The van der Waals surface area contributed by atoms with Crippen LogP contribution in [0.4, 0.5) is 0 Å². The van der Waals surface area contributed by atoms with Crippen LogP contribution in [0.1, 0.15) is 6.92 Å². The molecule has 20 heavy (non-hydrogen) atoms. The number of benzene rings is 1. The molecule has 0 atom stereocenters. The smallest absolute Gasteiger partial charge is 0.309 e. The Balaban J connectivity index is 2.25. The average molecular weight is 332 g/mol. The summed E-state index contributed by atoms with van der Waals surface area (Å²) in [5, 5.41) is 0.954. The molecule has 0 radical (unpaired) electrons. The number of fused-ring (bicyclic) bond motifs is 1. The zero-order valence-corrected chi connectivity index (χ0v) is 12.2. The van der Waals surface area contributed by atoms with E-state index in [4.69, 9.17) is 4.74 Å². The van der Waals surface area contributed by atoms with Crippen LogP contribution < -0.4 is 4.74 Å². The highest BCUT2D eigenvalue weighted by Crippen LogP contribution is 2.28. The second-order valence-corrected chi connectivity index (χ2v) is 5.09. The third-order valence-electron chi connectivity index (χ3n) is 2.73. The number of rotatable bonds is 2. The minimum Gasteiger partial charge on any atom is -0.409 e. The number of halogens is 1. The van der Waals surface area contributed by atoms with Crippen LogP contribution in [-0.2, 0) is 4.79 Å². The summed E-state index contributed by atoms with van der Waals surface area (Å²) < 4.78 is 7.74. The van der Waals surface area contributed by atoms with Crippen LogP contribution in [0.5, 0.6) is 5.88 Å². The topological polar surface area (TPSA) is 57.0 Å². The maximum absolute atomic E-state index is 11.2. The zero-order chi connectivity index (χ0) is 14.1. The summed E-state index contributed by atoms with van der Waals surface area (Å²) in [5.41, 5.74) is 0.881. The molecule has 6 heteroatoms. The van der Waals surface area contributed by atoms with E-state index >= 15 is 0 Å². The van der Waals surface area contributed by atoms with E-state index in [1.165, 1.54) is 6.92 Å². The molecule has 0 saturated carbocycles. The van der Waals surface area contributed by atoms with Crippen molar-refractivity contribution in [2.75, 3.05) is 0 Å². The standard InChI is InChI=1S/C14H10BrN3O2/c1-9(19)20-13-6-10-4-2-3-5-12(10)18(13)14-16-7-11(15)8-17-14/h2-8H,1H3. The maximum Gasteiger partial charge on any atom is 0.309 e. The molecule has 0 spiro atoms. The van der Waals surface area contributed by atoms with Crippen LogP contribution in [-0.4, -0.2) is 20.5 Å². The number of nitrogens with zero attached hydrogens (tertiary/aromatic N) is 3. The fourth-order valence-corrected chi connectivity index (χ4v) is 2.18. The number of esters is 1. The Morgan fingerprint density at radius 3 is 2.65 bits per heavy atom. The van der Waals surface area contributed by atoms with E-state index in [0.29, 0.717) is 11.8 Å². The highest BCUT2D eigenvalue weighted by Gasteiger charge is 2.14. The van der Waals surface area contributed by atoms with Gasteiger partial charge in [-0.1, -0.05) is 18.2 Å². The van der Waals surface area contributed by atoms with Crippen molar-refractivity contribution in [3.05, 3.63) is 47.2 Å². The van der Waals surface area contributed by atoms with Crippen molar-refractivity contribution in [2.45, 2.75) is 6.92 Å². The van der Waals surface area contributed by atoms with E-state index in [1.807, 2.05) is 24.3 Å². The average Bonchev–Trinajstić information content (AvgIpc) is 2.77. The highest BCUT2D eigenvalue weighted by atomic mass is 79.9. The van der Waals surface area contributed by atoms with Crippen LogP contribution in [0, 0.1) is 0 Å². The van der Waals surface area contributed by atoms with Gasteiger partial charge in [-0.3, -0.25) is 4.79 Å². The van der Waals surface area contributed by atoms with E-state index in [9.17, 15) is 4.79 Å². The number of hydrogen-bond acceptors (Lipinski definition) is 4. The van der Waals surface area contributed by atoms with E-state index in [0.717, 1.165) is 15.4 Å². The largest absolute Gasteiger partial charge is 0.409 e. The summed E-state index contributed by atoms with van der Waals surface area (Å²) in [6.07, 6.45) is 3.29. The first-order chi connectivity index (χ1) is 9.65. The molecule has 0 N–H and O–H groups in total. The predicted molar refractivity (Wildman–Crippen MR) is 77.9 cm³/mol. The molecular weight excluding hydrogens is 322 g/mol. The first kappa shape index (κ1) is 12.8. The Hall–Kier alpha value is -2.21. The lowest BCUT2D eigenvalue weighted by Crippen LogP contribution is -2.08. The minimum atomic E-state index is -0.383. The van der Waals surface area contributed by atoms with Crippen molar-refractivity contribution in [1.82, 2.24) is 14.5 Å². The van der Waals surface area contributed by atoms with Gasteiger partial charge in [-0.15, -0.1) is 0 Å². The minimum absolute atomic E-state index is 0.383. The lowest BCUT2D eigenvalue weighted by Gasteiger charge is -2.07. The molecule has 3 rings (SSSR count). The number of carbonyl (C=O) groups excluding carboxylic acids is 1. The molecule has 2 heterocycles. The van der Waals surface area contributed by atoms with Crippen LogP contribution in [0.3, 0.4) is 0 Å². The second-order valence-electron chi connectivity index (χ2n) is 4.17. The third-order valence-corrected chi connectivity index (χ3v) is 3.14. The fourth-order valence-electron chi connectivity index (χ4n) is 1.98. The fraction of sp³-hybridized carbons (Fsp3) is 0.0714. The molecule has 0 bridgehead atoms. The molecule has 0 aliphatic rings. The first-order valence-corrected chi connectivity index (χ1v) is 6.71.